The van der Waals surface area contributed by atoms with Gasteiger partial charge in [0.2, 0.25) is 0 Å². The van der Waals surface area contributed by atoms with E-state index < -0.39 is 15.8 Å². The summed E-state index contributed by atoms with van der Waals surface area (Å²) >= 11 is 0. The Balaban J connectivity index is 0.000000202. The molecule has 2 aromatic carbocycles. The van der Waals surface area contributed by atoms with E-state index in [1.165, 1.54) is 6.07 Å². The van der Waals surface area contributed by atoms with Crippen LogP contribution in [0.5, 0.6) is 11.5 Å². The number of esters is 2. The van der Waals surface area contributed by atoms with Gasteiger partial charge in [-0.05, 0) is 56.2 Å². The maximum absolute atomic E-state index is 11.8. The van der Waals surface area contributed by atoms with E-state index in [1.54, 1.807) is 26.0 Å². The molecule has 194 valence electrons. The van der Waals surface area contributed by atoms with E-state index in [0.29, 0.717) is 28.3 Å². The lowest BCUT2D eigenvalue weighted by molar-refractivity contribution is -0.386. The molecular formula is C28H36N2O6. The molecule has 2 heterocycles. The maximum Gasteiger partial charge on any atom is 0.321 e. The smallest absolute Gasteiger partial charge is 0.321 e. The van der Waals surface area contributed by atoms with Crippen LogP contribution in [0.15, 0.2) is 24.3 Å². The predicted molar refractivity (Wildman–Crippen MR) is 139 cm³/mol. The monoisotopic (exact) mass is 496 g/mol. The summed E-state index contributed by atoms with van der Waals surface area (Å²) in [5.74, 6) is 0.320. The molecule has 0 saturated heterocycles. The van der Waals surface area contributed by atoms with Gasteiger partial charge in [0.1, 0.15) is 11.5 Å². The number of hydrogen-bond acceptors (Lipinski definition) is 7. The zero-order chi connectivity index (χ0) is 27.6. The first-order valence-corrected chi connectivity index (χ1v) is 11.9. The summed E-state index contributed by atoms with van der Waals surface area (Å²) in [4.78, 5) is 34.3. The molecule has 0 aromatic heterocycles. The lowest BCUT2D eigenvalue weighted by Gasteiger charge is -2.23. The van der Waals surface area contributed by atoms with Crippen LogP contribution >= 0.6 is 0 Å². The fourth-order valence-electron chi connectivity index (χ4n) is 4.39. The van der Waals surface area contributed by atoms with Crippen LogP contribution in [0, 0.1) is 10.1 Å². The highest BCUT2D eigenvalue weighted by Crippen LogP contribution is 2.46. The van der Waals surface area contributed by atoms with Gasteiger partial charge in [0.15, 0.2) is 0 Å². The molecule has 0 atom stereocenters. The number of fused-ring (bicyclic) bond motifs is 2. The molecule has 4 rings (SSSR count). The van der Waals surface area contributed by atoms with Crippen molar-refractivity contribution < 1.29 is 24.0 Å². The van der Waals surface area contributed by atoms with E-state index in [-0.39, 0.29) is 28.5 Å². The van der Waals surface area contributed by atoms with Crippen LogP contribution < -0.4 is 15.2 Å². The molecule has 0 saturated carbocycles. The number of ether oxygens (including phenoxy) is 2. The second-order valence-electron chi connectivity index (χ2n) is 12.6. The molecule has 8 nitrogen and oxygen atoms in total. The third-order valence-corrected chi connectivity index (χ3v) is 6.83. The number of carbonyl (C=O) groups is 2. The third kappa shape index (κ3) is 4.56. The molecule has 0 aliphatic carbocycles. The van der Waals surface area contributed by atoms with Crippen molar-refractivity contribution >= 4 is 23.3 Å². The van der Waals surface area contributed by atoms with E-state index >= 15 is 0 Å². The molecule has 2 aliphatic heterocycles. The Hall–Kier alpha value is -3.42. The summed E-state index contributed by atoms with van der Waals surface area (Å²) < 4.78 is 10.4. The summed E-state index contributed by atoms with van der Waals surface area (Å²) in [6, 6.07) is 6.87. The Morgan fingerprint density at radius 3 is 1.53 bits per heavy atom. The largest absolute Gasteiger partial charge is 0.425 e. The van der Waals surface area contributed by atoms with Gasteiger partial charge >= 0.3 is 11.9 Å². The molecule has 0 radical (unpaired) electrons. The second-order valence-corrected chi connectivity index (χ2v) is 12.6. The highest BCUT2D eigenvalue weighted by molar-refractivity contribution is 5.91. The van der Waals surface area contributed by atoms with E-state index in [2.05, 4.69) is 20.8 Å². The summed E-state index contributed by atoms with van der Waals surface area (Å²) in [7, 11) is 0. The highest BCUT2D eigenvalue weighted by atomic mass is 16.6. The fraction of sp³-hybridized carbons (Fsp3) is 0.500. The third-order valence-electron chi connectivity index (χ3n) is 6.83. The zero-order valence-electron chi connectivity index (χ0n) is 22.8. The van der Waals surface area contributed by atoms with Crippen molar-refractivity contribution in [2.75, 3.05) is 5.73 Å². The van der Waals surface area contributed by atoms with Crippen molar-refractivity contribution in [3.63, 3.8) is 0 Å². The fourth-order valence-corrected chi connectivity index (χ4v) is 4.39. The summed E-state index contributed by atoms with van der Waals surface area (Å²) in [5.41, 5.74) is 8.26. The van der Waals surface area contributed by atoms with Gasteiger partial charge in [0.25, 0.3) is 5.69 Å². The lowest BCUT2D eigenvalue weighted by atomic mass is 9.79. The molecule has 2 N–H and O–H groups in total. The average Bonchev–Trinajstić information content (AvgIpc) is 3.06. The first-order valence-electron chi connectivity index (χ1n) is 11.9. The summed E-state index contributed by atoms with van der Waals surface area (Å²) in [5, 5.41) is 11.2. The van der Waals surface area contributed by atoms with Crippen molar-refractivity contribution in [2.45, 2.75) is 90.9 Å². The molecular weight excluding hydrogens is 460 g/mol. The Labute approximate surface area is 212 Å². The maximum atomic E-state index is 11.8. The number of benzene rings is 2. The SMILES string of the molecule is CC(C)(C)c1cc2c(cc1N)OC(=O)C2(C)C.CC(C)(C)c1cc2c(cc1[N+](=O)[O-])OC(=O)C2(C)C. The number of hydrogen-bond donors (Lipinski definition) is 1. The molecule has 0 amide bonds. The number of nitrogen functional groups attached to an aromatic ring is 1. The van der Waals surface area contributed by atoms with Crippen LogP contribution in [0.1, 0.15) is 91.5 Å². The Kier molecular flexibility index (Phi) is 6.28. The molecule has 2 aliphatic rings. The minimum absolute atomic E-state index is 0.00301. The molecule has 0 bridgehead atoms. The van der Waals surface area contributed by atoms with E-state index in [0.717, 1.165) is 11.1 Å². The zero-order valence-corrected chi connectivity index (χ0v) is 22.8. The molecule has 0 spiro atoms. The quantitative estimate of drug-likeness (QED) is 0.173. The van der Waals surface area contributed by atoms with Gasteiger partial charge < -0.3 is 15.2 Å². The molecule has 2 aromatic rings. The van der Waals surface area contributed by atoms with Gasteiger partial charge in [-0.1, -0.05) is 41.5 Å². The lowest BCUT2D eigenvalue weighted by Crippen LogP contribution is -2.26. The number of nitrogens with zero attached hydrogens (tertiary/aromatic N) is 1. The minimum atomic E-state index is -0.759. The Morgan fingerprint density at radius 2 is 1.14 bits per heavy atom. The standard InChI is InChI=1S/C14H17NO4.C14H19NO2/c1-13(2,3)8-6-9-11(7-10(8)15(17)18)19-12(16)14(9,4)5;1-13(2,3)8-6-9-11(7-10(8)15)17-12(16)14(9,4)5/h6-7H,1-5H3;6-7H,15H2,1-5H3. The Morgan fingerprint density at radius 1 is 0.750 bits per heavy atom. The van der Waals surface area contributed by atoms with Gasteiger partial charge in [0.05, 0.1) is 21.8 Å². The van der Waals surface area contributed by atoms with Crippen molar-refractivity contribution in [3.05, 3.63) is 56.6 Å². The molecule has 0 unspecified atom stereocenters. The number of nitro benzene ring substituents is 1. The topological polar surface area (TPSA) is 122 Å². The van der Waals surface area contributed by atoms with Crippen LogP contribution in [0.3, 0.4) is 0 Å². The van der Waals surface area contributed by atoms with Gasteiger partial charge in [-0.3, -0.25) is 19.7 Å². The highest BCUT2D eigenvalue weighted by Gasteiger charge is 2.44. The summed E-state index contributed by atoms with van der Waals surface area (Å²) in [6.07, 6.45) is 0. The van der Waals surface area contributed by atoms with Crippen LogP contribution in [-0.2, 0) is 31.2 Å². The van der Waals surface area contributed by atoms with Crippen molar-refractivity contribution in [3.8, 4) is 11.5 Å². The van der Waals surface area contributed by atoms with Crippen LogP contribution in [-0.4, -0.2) is 16.9 Å². The average molecular weight is 497 g/mol. The molecule has 8 heteroatoms. The van der Waals surface area contributed by atoms with Crippen LogP contribution in [0.25, 0.3) is 0 Å². The number of anilines is 1. The van der Waals surface area contributed by atoms with E-state index in [9.17, 15) is 19.7 Å². The molecule has 36 heavy (non-hydrogen) atoms. The Bertz CT molecular complexity index is 1280. The van der Waals surface area contributed by atoms with Crippen LogP contribution in [0.4, 0.5) is 11.4 Å². The summed E-state index contributed by atoms with van der Waals surface area (Å²) in [6.45, 7) is 19.3. The number of nitro groups is 1. The molecule has 0 fully saturated rings. The van der Waals surface area contributed by atoms with E-state index in [1.807, 2.05) is 40.7 Å². The number of nitrogens with two attached hydrogens (primary N) is 1. The van der Waals surface area contributed by atoms with Crippen molar-refractivity contribution in [1.82, 2.24) is 0 Å². The normalized spacial score (nSPS) is 17.4. The number of rotatable bonds is 1. The van der Waals surface area contributed by atoms with Crippen molar-refractivity contribution in [2.24, 2.45) is 0 Å². The van der Waals surface area contributed by atoms with Gasteiger partial charge in [0, 0.05) is 28.4 Å². The number of carbonyl (C=O) groups excluding carboxylic acids is 2. The van der Waals surface area contributed by atoms with Crippen LogP contribution in [0.2, 0.25) is 0 Å². The van der Waals surface area contributed by atoms with E-state index in [4.69, 9.17) is 15.2 Å². The first-order chi connectivity index (χ1) is 16.2. The second kappa shape index (κ2) is 8.32. The first kappa shape index (κ1) is 27.2. The van der Waals surface area contributed by atoms with Crippen molar-refractivity contribution in [1.29, 1.82) is 0 Å². The van der Waals surface area contributed by atoms with Gasteiger partial charge in [-0.25, -0.2) is 0 Å². The van der Waals surface area contributed by atoms with Gasteiger partial charge in [-0.2, -0.15) is 0 Å². The predicted octanol–water partition coefficient (Wildman–Crippen LogP) is 5.85. The van der Waals surface area contributed by atoms with Gasteiger partial charge in [-0.15, -0.1) is 0 Å². The minimum Gasteiger partial charge on any atom is -0.425 e.